The van der Waals surface area contributed by atoms with Gasteiger partial charge < -0.3 is 0 Å². The molecule has 0 rings (SSSR count). The molecule has 1 heteroatoms. The first-order chi connectivity index (χ1) is 39.0. The van der Waals surface area contributed by atoms with Crippen LogP contribution in [0, 0.1) is 5.41 Å². The van der Waals surface area contributed by atoms with Crippen LogP contribution in [0.4, 0.5) is 0 Å². The second kappa shape index (κ2) is 62.9. The molecule has 0 aromatic carbocycles. The van der Waals surface area contributed by atoms with Crippen LogP contribution in [0.15, 0.2) is 0 Å². The van der Waals surface area contributed by atoms with Crippen LogP contribution >= 0.6 is 7.26 Å². The first-order valence-electron chi connectivity index (χ1n) is 38.8. The van der Waals surface area contributed by atoms with Crippen molar-refractivity contribution in [2.45, 2.75) is 478 Å². The number of rotatable bonds is 70. The van der Waals surface area contributed by atoms with Gasteiger partial charge in [0.1, 0.15) is 0 Å². The molecule has 0 unspecified atom stereocenters. The predicted octanol–water partition coefficient (Wildman–Crippen LogP) is 30.2. The zero-order valence-electron chi connectivity index (χ0n) is 57.5. The van der Waals surface area contributed by atoms with Gasteiger partial charge in [-0.05, 0) is 71.6 Å². The lowest BCUT2D eigenvalue weighted by Crippen LogP contribution is -2.52. The number of unbranched alkanes of at least 4 members (excludes halogenated alkanes) is 54. The molecule has 79 heavy (non-hydrogen) atoms. The van der Waals surface area contributed by atoms with Gasteiger partial charge >= 0.3 is 0 Å². The summed E-state index contributed by atoms with van der Waals surface area (Å²) in [6.07, 6.45) is 102. The Bertz CT molecular complexity index is 1020. The molecule has 0 radical (unpaired) electrons. The van der Waals surface area contributed by atoms with E-state index >= 15 is 0 Å². The van der Waals surface area contributed by atoms with Gasteiger partial charge in [-0.3, -0.25) is 0 Å². The molecule has 0 amide bonds. The molecule has 0 atom stereocenters. The Labute approximate surface area is 506 Å². The normalized spacial score (nSPS) is 12.5. The fraction of sp³-hybridized carbons (Fsp3) is 1.00. The van der Waals surface area contributed by atoms with Crippen molar-refractivity contribution < 1.29 is 0 Å². The molecule has 476 valence electrons. The van der Waals surface area contributed by atoms with Crippen LogP contribution in [0.1, 0.15) is 473 Å². The van der Waals surface area contributed by atoms with Crippen molar-refractivity contribution in [3.63, 3.8) is 0 Å². The molecule has 0 saturated carbocycles. The SMILES string of the molecule is CCCCCCCCCCCCC(CCCCCCCCCCCC)(CCCCCCCCCCCC)C(CCCCCCCCCCCC)(CCCCCCCCCCCC)[P+](CC)(CC)CCCCCCCCCCCC. The van der Waals surface area contributed by atoms with E-state index in [1.54, 1.807) is 69.9 Å². The average molecular weight is 1130 g/mol. The molecular formula is C78H160P+. The van der Waals surface area contributed by atoms with Crippen molar-refractivity contribution in [1.82, 2.24) is 0 Å². The molecule has 0 saturated heterocycles. The minimum atomic E-state index is -1.29. The highest BCUT2D eigenvalue weighted by Crippen LogP contribution is 2.79. The van der Waals surface area contributed by atoms with E-state index in [2.05, 4.69) is 55.4 Å². The summed E-state index contributed by atoms with van der Waals surface area (Å²) in [5.74, 6) is 0. The summed E-state index contributed by atoms with van der Waals surface area (Å²) in [5, 5.41) is 0.584. The van der Waals surface area contributed by atoms with Crippen LogP contribution in [-0.2, 0) is 0 Å². The van der Waals surface area contributed by atoms with E-state index in [1.165, 1.54) is 366 Å². The third kappa shape index (κ3) is 43.7. The summed E-state index contributed by atoms with van der Waals surface area (Å²) in [6, 6.07) is 0. The van der Waals surface area contributed by atoms with Crippen LogP contribution in [0.5, 0.6) is 0 Å². The maximum atomic E-state index is 2.81. The monoisotopic (exact) mass is 1130 g/mol. The largest absolute Gasteiger partial charge is 0.0855 e. The molecule has 0 fully saturated rings. The van der Waals surface area contributed by atoms with E-state index in [1.807, 2.05) is 0 Å². The zero-order valence-corrected chi connectivity index (χ0v) is 58.4. The number of hydrogen-bond acceptors (Lipinski definition) is 0. The topological polar surface area (TPSA) is 0 Å². The van der Waals surface area contributed by atoms with E-state index in [9.17, 15) is 0 Å². The third-order valence-corrected chi connectivity index (χ3v) is 27.3. The molecule has 0 N–H and O–H groups in total. The van der Waals surface area contributed by atoms with Gasteiger partial charge in [-0.25, -0.2) is 0 Å². The second-order valence-corrected chi connectivity index (χ2v) is 32.5. The van der Waals surface area contributed by atoms with Gasteiger partial charge in [0, 0.05) is 12.7 Å². The number of hydrogen-bond donors (Lipinski definition) is 0. The van der Waals surface area contributed by atoms with Gasteiger partial charge in [-0.2, -0.15) is 0 Å². The Morgan fingerprint density at radius 2 is 0.316 bits per heavy atom. The first kappa shape index (κ1) is 79.4. The van der Waals surface area contributed by atoms with Gasteiger partial charge in [-0.15, -0.1) is 0 Å². The van der Waals surface area contributed by atoms with E-state index < -0.39 is 7.26 Å². The lowest BCUT2D eigenvalue weighted by Gasteiger charge is -2.58. The smallest absolute Gasteiger partial charge is 0.0654 e. The molecule has 0 nitrogen and oxygen atoms in total. The highest BCUT2D eigenvalue weighted by atomic mass is 31.2. The lowest BCUT2D eigenvalue weighted by atomic mass is 9.61. The fourth-order valence-electron chi connectivity index (χ4n) is 15.6. The van der Waals surface area contributed by atoms with E-state index in [-0.39, 0.29) is 0 Å². The van der Waals surface area contributed by atoms with Gasteiger partial charge in [0.05, 0.1) is 23.6 Å². The zero-order chi connectivity index (χ0) is 57.6. The third-order valence-electron chi connectivity index (χ3n) is 21.0. The highest BCUT2D eigenvalue weighted by Gasteiger charge is 2.64. The molecule has 0 heterocycles. The maximum absolute atomic E-state index is 2.81. The molecule has 0 aromatic heterocycles. The fourth-order valence-corrected chi connectivity index (χ4v) is 21.8. The highest BCUT2D eigenvalue weighted by molar-refractivity contribution is 7.77. The minimum absolute atomic E-state index is 0.546. The quantitative estimate of drug-likeness (QED) is 0.0421. The average Bonchev–Trinajstić information content (AvgIpc) is 3.50. The summed E-state index contributed by atoms with van der Waals surface area (Å²) in [4.78, 5) is 0. The van der Waals surface area contributed by atoms with Gasteiger partial charge in [0.25, 0.3) is 0 Å². The Hall–Kier alpha value is 0.430. The van der Waals surface area contributed by atoms with Crippen LogP contribution < -0.4 is 0 Å². The standard InChI is InChI=1S/C78H160P/c1-9-17-23-29-35-41-47-53-59-65-71-77(72-66-60-54-48-42-36-30-24-18-10-2,73-67-61-55-49-43-37-31-25-19-11-3)78(74-68-62-56-50-44-38-32-26-20-12-4,75-69-63-57-51-45-39-33-27-21-13-5)79(15-7,16-8)76-70-64-58-52-46-40-34-28-22-14-6/h9-76H2,1-8H3/q+1. The van der Waals surface area contributed by atoms with E-state index in [0.29, 0.717) is 10.6 Å². The lowest BCUT2D eigenvalue weighted by molar-refractivity contribution is 0.102. The molecule has 0 aliphatic carbocycles. The molecule has 0 spiro atoms. The van der Waals surface area contributed by atoms with Crippen molar-refractivity contribution in [3.05, 3.63) is 0 Å². The molecule has 0 aliphatic rings. The van der Waals surface area contributed by atoms with Crippen LogP contribution in [-0.4, -0.2) is 23.6 Å². The second-order valence-electron chi connectivity index (χ2n) is 27.7. The summed E-state index contributed by atoms with van der Waals surface area (Å²) in [5.41, 5.74) is 0.546. The van der Waals surface area contributed by atoms with Crippen molar-refractivity contribution >= 4 is 7.26 Å². The maximum Gasteiger partial charge on any atom is 0.0855 e. The summed E-state index contributed by atoms with van der Waals surface area (Å²) >= 11 is 0. The Balaban J connectivity index is 7.37. The predicted molar refractivity (Wildman–Crippen MR) is 372 cm³/mol. The molecule has 0 aromatic rings. The Morgan fingerprint density at radius 1 is 0.165 bits per heavy atom. The van der Waals surface area contributed by atoms with Gasteiger partial charge in [-0.1, -0.05) is 401 Å². The molecule has 0 aliphatic heterocycles. The van der Waals surface area contributed by atoms with Crippen molar-refractivity contribution in [3.8, 4) is 0 Å². The van der Waals surface area contributed by atoms with E-state index in [0.717, 1.165) is 0 Å². The van der Waals surface area contributed by atoms with Crippen LogP contribution in [0.25, 0.3) is 0 Å². The van der Waals surface area contributed by atoms with Crippen molar-refractivity contribution in [1.29, 1.82) is 0 Å². The van der Waals surface area contributed by atoms with Crippen molar-refractivity contribution in [2.75, 3.05) is 18.5 Å². The summed E-state index contributed by atoms with van der Waals surface area (Å²) in [7, 11) is -1.29. The molecular weight excluding hydrogens is 968 g/mol. The summed E-state index contributed by atoms with van der Waals surface area (Å²) in [6.45, 7) is 19.9. The van der Waals surface area contributed by atoms with Crippen molar-refractivity contribution in [2.24, 2.45) is 5.41 Å². The van der Waals surface area contributed by atoms with Crippen LogP contribution in [0.2, 0.25) is 0 Å². The van der Waals surface area contributed by atoms with Crippen LogP contribution in [0.3, 0.4) is 0 Å². The Kier molecular flexibility index (Phi) is 63.3. The van der Waals surface area contributed by atoms with E-state index in [4.69, 9.17) is 0 Å². The Morgan fingerprint density at radius 3 is 0.494 bits per heavy atom. The summed E-state index contributed by atoms with van der Waals surface area (Å²) < 4.78 is 0. The minimum Gasteiger partial charge on any atom is -0.0654 e. The van der Waals surface area contributed by atoms with Gasteiger partial charge in [0.2, 0.25) is 0 Å². The van der Waals surface area contributed by atoms with Gasteiger partial charge in [0.15, 0.2) is 0 Å². The first-order valence-corrected chi connectivity index (χ1v) is 41.2. The molecule has 0 bridgehead atoms.